The molecular weight excluding hydrogens is 833 g/mol. The highest BCUT2D eigenvalue weighted by Gasteiger charge is 2.24. The average Bonchev–Trinajstić information content (AvgIpc) is 3.92. The van der Waals surface area contributed by atoms with Gasteiger partial charge in [-0.15, -0.1) is 0 Å². The molecule has 3 heterocycles. The number of hydrogen-bond donors (Lipinski definition) is 0. The van der Waals surface area contributed by atoms with E-state index in [4.69, 9.17) is 28.1 Å². The molecule has 0 aliphatic heterocycles. The second kappa shape index (κ2) is 16.2. The molecule has 9 aromatic carbocycles. The molecule has 68 heavy (non-hydrogen) atoms. The Kier molecular flexibility index (Phi) is 9.47. The zero-order chi connectivity index (χ0) is 45.7. The van der Waals surface area contributed by atoms with E-state index in [1.54, 1.807) is 0 Å². The molecule has 0 unspecified atom stereocenters. The van der Waals surface area contributed by atoms with E-state index in [9.17, 15) is 5.26 Å². The molecule has 8 nitrogen and oxygen atoms in total. The predicted molar refractivity (Wildman–Crippen MR) is 273 cm³/mol. The van der Waals surface area contributed by atoms with Gasteiger partial charge in [0.25, 0.3) is 0 Å². The SMILES string of the molecule is [C-]#[N+]c1ccc2c(c1)c1ccccc1n2-c1ccc(-c2ccccc2[N+]#[C-])cc1-c1cc(-c2nc(-c3ccccc3)nc(-c3ccccc3)n2)ccc1-n1c2ccccc2c2cc(C#N)ccc21. The van der Waals surface area contributed by atoms with Crippen LogP contribution in [-0.4, -0.2) is 24.1 Å². The van der Waals surface area contributed by atoms with Crippen molar-refractivity contribution in [2.45, 2.75) is 0 Å². The lowest BCUT2D eigenvalue weighted by molar-refractivity contribution is 1.07. The minimum atomic E-state index is 0.506. The largest absolute Gasteiger partial charge is 0.309 e. The molecule has 0 N–H and O–H groups in total. The predicted octanol–water partition coefficient (Wildman–Crippen LogP) is 15.4. The first-order valence-electron chi connectivity index (χ1n) is 22.1. The standard InChI is InChI=1S/C60H34N8/c1-62-43-28-32-57-50(36-43)46-21-11-14-24-53(46)68(57)55-30-26-41(44-19-9-12-22-51(44)63-2)34-48(55)49-35-42(60-65-58(39-15-5-3-6-16-39)64-59(66-60)40-17-7-4-8-18-40)27-31-56(49)67-52-23-13-10-20-45(52)47-33-38(37-61)25-29-54(47)67/h3-36H. The first kappa shape index (κ1) is 39.6. The summed E-state index contributed by atoms with van der Waals surface area (Å²) in [6.07, 6.45) is 0. The van der Waals surface area contributed by atoms with Crippen LogP contribution in [-0.2, 0) is 0 Å². The molecule has 314 valence electrons. The van der Waals surface area contributed by atoms with E-state index < -0.39 is 0 Å². The summed E-state index contributed by atoms with van der Waals surface area (Å²) >= 11 is 0. The van der Waals surface area contributed by atoms with Gasteiger partial charge in [-0.3, -0.25) is 0 Å². The number of aromatic nitrogens is 5. The van der Waals surface area contributed by atoms with Crippen molar-refractivity contribution in [1.82, 2.24) is 24.1 Å². The number of benzene rings is 9. The van der Waals surface area contributed by atoms with Gasteiger partial charge >= 0.3 is 0 Å². The molecule has 0 aliphatic carbocycles. The molecule has 0 bridgehead atoms. The number of hydrogen-bond acceptors (Lipinski definition) is 4. The van der Waals surface area contributed by atoms with Gasteiger partial charge in [0.1, 0.15) is 0 Å². The van der Waals surface area contributed by atoms with Gasteiger partial charge in [-0.25, -0.2) is 24.6 Å². The molecular formula is C60H34N8. The second-order valence-corrected chi connectivity index (χ2v) is 16.5. The highest BCUT2D eigenvalue weighted by Crippen LogP contribution is 2.45. The average molecular weight is 867 g/mol. The molecule has 0 spiro atoms. The van der Waals surface area contributed by atoms with Crippen molar-refractivity contribution in [3.05, 3.63) is 235 Å². The molecule has 12 rings (SSSR count). The molecule has 12 aromatic rings. The van der Waals surface area contributed by atoms with E-state index in [1.807, 2.05) is 146 Å². The van der Waals surface area contributed by atoms with Crippen LogP contribution in [0.3, 0.4) is 0 Å². The fraction of sp³-hybridized carbons (Fsp3) is 0. The monoisotopic (exact) mass is 866 g/mol. The molecule has 0 amide bonds. The van der Waals surface area contributed by atoms with E-state index in [0.29, 0.717) is 34.4 Å². The summed E-state index contributed by atoms with van der Waals surface area (Å²) in [5.41, 5.74) is 13.3. The van der Waals surface area contributed by atoms with E-state index in [2.05, 4.69) is 85.6 Å². The minimum Gasteiger partial charge on any atom is -0.309 e. The Labute approximate surface area is 391 Å². The fourth-order valence-corrected chi connectivity index (χ4v) is 9.55. The van der Waals surface area contributed by atoms with Gasteiger partial charge in [-0.2, -0.15) is 5.26 Å². The summed E-state index contributed by atoms with van der Waals surface area (Å²) in [6.45, 7) is 16.1. The molecule has 0 radical (unpaired) electrons. The summed E-state index contributed by atoms with van der Waals surface area (Å²) in [5, 5.41) is 14.0. The molecule has 0 fully saturated rings. The van der Waals surface area contributed by atoms with Gasteiger partial charge in [-0.1, -0.05) is 133 Å². The maximum absolute atomic E-state index is 10.1. The van der Waals surface area contributed by atoms with Crippen LogP contribution in [0.5, 0.6) is 0 Å². The van der Waals surface area contributed by atoms with Crippen molar-refractivity contribution >= 4 is 55.0 Å². The van der Waals surface area contributed by atoms with Gasteiger partial charge in [0.15, 0.2) is 28.8 Å². The second-order valence-electron chi connectivity index (χ2n) is 16.5. The minimum absolute atomic E-state index is 0.506. The smallest absolute Gasteiger partial charge is 0.194 e. The summed E-state index contributed by atoms with van der Waals surface area (Å²) in [5.74, 6) is 1.61. The van der Waals surface area contributed by atoms with E-state index in [1.165, 1.54) is 0 Å². The van der Waals surface area contributed by atoms with Crippen LogP contribution in [0.25, 0.3) is 121 Å². The molecule has 0 saturated heterocycles. The Morgan fingerprint density at radius 2 is 0.868 bits per heavy atom. The normalized spacial score (nSPS) is 11.2. The summed E-state index contributed by atoms with van der Waals surface area (Å²) in [6, 6.07) is 71.1. The highest BCUT2D eigenvalue weighted by molar-refractivity contribution is 6.12. The van der Waals surface area contributed by atoms with Crippen LogP contribution in [0.1, 0.15) is 5.56 Å². The number of fused-ring (bicyclic) bond motifs is 6. The van der Waals surface area contributed by atoms with Crippen molar-refractivity contribution < 1.29 is 0 Å². The third-order valence-corrected chi connectivity index (χ3v) is 12.6. The van der Waals surface area contributed by atoms with E-state index in [0.717, 1.165) is 93.9 Å². The Morgan fingerprint density at radius 3 is 1.46 bits per heavy atom. The quantitative estimate of drug-likeness (QED) is 0.149. The van der Waals surface area contributed by atoms with Crippen molar-refractivity contribution in [2.75, 3.05) is 0 Å². The van der Waals surface area contributed by atoms with Crippen LogP contribution in [0.15, 0.2) is 206 Å². The van der Waals surface area contributed by atoms with Crippen LogP contribution in [0.2, 0.25) is 0 Å². The third-order valence-electron chi connectivity index (χ3n) is 12.6. The van der Waals surface area contributed by atoms with Crippen molar-refractivity contribution in [2.24, 2.45) is 0 Å². The first-order valence-corrected chi connectivity index (χ1v) is 22.1. The van der Waals surface area contributed by atoms with Crippen LogP contribution < -0.4 is 0 Å². The molecule has 0 aliphatic rings. The van der Waals surface area contributed by atoms with Crippen molar-refractivity contribution in [1.29, 1.82) is 5.26 Å². The van der Waals surface area contributed by atoms with Gasteiger partial charge < -0.3 is 9.13 Å². The fourth-order valence-electron chi connectivity index (χ4n) is 9.55. The zero-order valence-electron chi connectivity index (χ0n) is 36.2. The lowest BCUT2D eigenvalue weighted by Gasteiger charge is -2.21. The summed E-state index contributed by atoms with van der Waals surface area (Å²) in [4.78, 5) is 23.1. The van der Waals surface area contributed by atoms with Crippen LogP contribution >= 0.6 is 0 Å². The topological polar surface area (TPSA) is 81.0 Å². The Hall–Kier alpha value is -9.94. The third kappa shape index (κ3) is 6.55. The van der Waals surface area contributed by atoms with E-state index >= 15 is 0 Å². The number of para-hydroxylation sites is 3. The lowest BCUT2D eigenvalue weighted by Crippen LogP contribution is -2.04. The maximum atomic E-state index is 10.1. The molecule has 8 heteroatoms. The van der Waals surface area contributed by atoms with Crippen molar-refractivity contribution in [3.8, 4) is 73.9 Å². The number of rotatable bonds is 7. The van der Waals surface area contributed by atoms with Crippen molar-refractivity contribution in [3.63, 3.8) is 0 Å². The first-order chi connectivity index (χ1) is 33.6. The summed E-state index contributed by atoms with van der Waals surface area (Å²) < 4.78 is 4.56. The Morgan fingerprint density at radius 1 is 0.382 bits per heavy atom. The van der Waals surface area contributed by atoms with Crippen LogP contribution in [0.4, 0.5) is 11.4 Å². The molecule has 0 saturated carbocycles. The lowest BCUT2D eigenvalue weighted by atomic mass is 9.93. The Balaban J connectivity index is 1.22. The van der Waals surface area contributed by atoms with Gasteiger partial charge in [-0.05, 0) is 89.3 Å². The van der Waals surface area contributed by atoms with Gasteiger partial charge in [0.2, 0.25) is 0 Å². The number of nitrogens with zero attached hydrogens (tertiary/aromatic N) is 8. The van der Waals surface area contributed by atoms with Gasteiger partial charge in [0, 0.05) is 44.0 Å². The summed E-state index contributed by atoms with van der Waals surface area (Å²) in [7, 11) is 0. The Bertz CT molecular complexity index is 4070. The molecule has 0 atom stereocenters. The van der Waals surface area contributed by atoms with E-state index in [-0.39, 0.29) is 0 Å². The highest BCUT2D eigenvalue weighted by atomic mass is 15.0. The maximum Gasteiger partial charge on any atom is 0.194 e. The molecule has 3 aromatic heterocycles. The zero-order valence-corrected chi connectivity index (χ0v) is 36.2. The number of nitriles is 1. The van der Waals surface area contributed by atoms with Crippen LogP contribution in [0, 0.1) is 24.5 Å². The van der Waals surface area contributed by atoms with Gasteiger partial charge in [0.05, 0.1) is 58.2 Å².